The fraction of sp³-hybridized carbons (Fsp3) is 0.296. The molecule has 0 bridgehead atoms. The van der Waals surface area contributed by atoms with Crippen molar-refractivity contribution >= 4 is 28.8 Å². The molecular weight excluding hydrogens is 481 g/mol. The molecule has 2 heterocycles. The third-order valence-electron chi connectivity index (χ3n) is 5.96. The van der Waals surface area contributed by atoms with E-state index < -0.39 is 17.8 Å². The topological polar surface area (TPSA) is 80.2 Å². The molecule has 188 valence electrons. The second kappa shape index (κ2) is 11.5. The van der Waals surface area contributed by atoms with E-state index in [0.29, 0.717) is 22.1 Å². The number of fused-ring (bicyclic) bond motifs is 1. The summed E-state index contributed by atoms with van der Waals surface area (Å²) in [5.41, 5.74) is 2.59. The number of halogens is 1. The van der Waals surface area contributed by atoms with Crippen LogP contribution in [0.1, 0.15) is 43.5 Å². The molecule has 2 aromatic carbocycles. The minimum atomic E-state index is -0.825. The van der Waals surface area contributed by atoms with Crippen LogP contribution in [0.2, 0.25) is 0 Å². The van der Waals surface area contributed by atoms with Gasteiger partial charge in [-0.15, -0.1) is 0 Å². The molecule has 0 radical (unpaired) electrons. The Hall–Kier alpha value is -3.43. The van der Waals surface area contributed by atoms with Gasteiger partial charge in [0.25, 0.3) is 0 Å². The van der Waals surface area contributed by atoms with Crippen LogP contribution in [0.25, 0.3) is 0 Å². The number of allylic oxidation sites excluding steroid dienone is 1. The van der Waals surface area contributed by atoms with Crippen molar-refractivity contribution in [2.75, 3.05) is 20.3 Å². The number of amidine groups is 1. The summed E-state index contributed by atoms with van der Waals surface area (Å²) in [5, 5.41) is 5.42. The predicted molar refractivity (Wildman–Crippen MR) is 137 cm³/mol. The number of amides is 1. The number of methoxy groups -OCH3 is 1. The zero-order valence-electron chi connectivity index (χ0n) is 20.4. The summed E-state index contributed by atoms with van der Waals surface area (Å²) in [6, 6.07) is 15.0. The molecule has 2 aliphatic heterocycles. The fourth-order valence-electron chi connectivity index (χ4n) is 4.20. The summed E-state index contributed by atoms with van der Waals surface area (Å²) in [7, 11) is 1.51. The molecule has 7 nitrogen and oxygen atoms in total. The van der Waals surface area contributed by atoms with E-state index >= 15 is 4.39 Å². The van der Waals surface area contributed by atoms with Gasteiger partial charge in [0.15, 0.2) is 5.17 Å². The third kappa shape index (κ3) is 5.52. The van der Waals surface area contributed by atoms with E-state index in [1.807, 2.05) is 42.7 Å². The zero-order valence-corrected chi connectivity index (χ0v) is 21.2. The number of aliphatic imine (C=N–C) groups is 1. The number of hydrogen-bond acceptors (Lipinski definition) is 7. The van der Waals surface area contributed by atoms with E-state index in [9.17, 15) is 9.59 Å². The zero-order chi connectivity index (χ0) is 25.7. The molecule has 2 aromatic rings. The van der Waals surface area contributed by atoms with Crippen molar-refractivity contribution in [3.05, 3.63) is 93.9 Å². The molecule has 0 aliphatic carbocycles. The molecule has 9 heteroatoms. The Morgan fingerprint density at radius 2 is 1.86 bits per heavy atom. The van der Waals surface area contributed by atoms with Crippen LogP contribution in [-0.4, -0.2) is 42.3 Å². The van der Waals surface area contributed by atoms with Crippen LogP contribution in [0, 0.1) is 5.82 Å². The highest BCUT2D eigenvalue weighted by molar-refractivity contribution is 8.16. The lowest BCUT2D eigenvalue weighted by Crippen LogP contribution is -2.38. The molecule has 2 unspecified atom stereocenters. The van der Waals surface area contributed by atoms with E-state index in [1.54, 1.807) is 30.0 Å². The molecule has 1 amide bonds. The Balaban J connectivity index is 1.62. The number of carbonyl (C=O) groups excluding carboxylic acids is 2. The van der Waals surface area contributed by atoms with Gasteiger partial charge in [-0.2, -0.15) is 0 Å². The maximum atomic E-state index is 15.1. The molecule has 0 saturated carbocycles. The molecule has 2 atom stereocenters. The molecular formula is C27H28FN3O4S. The van der Waals surface area contributed by atoms with Gasteiger partial charge in [-0.25, -0.2) is 14.2 Å². The van der Waals surface area contributed by atoms with Crippen LogP contribution in [0.3, 0.4) is 0 Å². The lowest BCUT2D eigenvalue weighted by molar-refractivity contribution is -0.141. The van der Waals surface area contributed by atoms with E-state index in [0.717, 1.165) is 5.56 Å². The van der Waals surface area contributed by atoms with Crippen molar-refractivity contribution < 1.29 is 23.5 Å². The fourth-order valence-corrected chi connectivity index (χ4v) is 5.16. The van der Waals surface area contributed by atoms with Crippen molar-refractivity contribution in [3.8, 4) is 0 Å². The van der Waals surface area contributed by atoms with Crippen molar-refractivity contribution in [2.24, 2.45) is 4.99 Å². The van der Waals surface area contributed by atoms with Gasteiger partial charge in [0, 0.05) is 18.4 Å². The average Bonchev–Trinajstić information content (AvgIpc) is 3.25. The standard InChI is InChI=1S/C27H28FN3O4S/c1-17(19-9-5-4-6-10-19)29-23(32)15-20-16-36-27-30-18(2)24(26(33)35-14-13-34-3)25(31(20)27)21-11-7-8-12-22(21)28/h4-12,16-17,25H,13-15H2,1-3H3,(H,29,32). The van der Waals surface area contributed by atoms with Crippen LogP contribution in [-0.2, 0) is 19.1 Å². The highest BCUT2D eigenvalue weighted by atomic mass is 32.2. The van der Waals surface area contributed by atoms with Gasteiger partial charge >= 0.3 is 5.97 Å². The van der Waals surface area contributed by atoms with Crippen LogP contribution < -0.4 is 5.32 Å². The summed E-state index contributed by atoms with van der Waals surface area (Å²) in [6.07, 6.45) is 0.0409. The maximum absolute atomic E-state index is 15.1. The molecule has 36 heavy (non-hydrogen) atoms. The van der Waals surface area contributed by atoms with Crippen molar-refractivity contribution in [3.63, 3.8) is 0 Å². The number of carbonyl (C=O) groups is 2. The van der Waals surface area contributed by atoms with Crippen LogP contribution in [0.4, 0.5) is 4.39 Å². The van der Waals surface area contributed by atoms with Crippen LogP contribution in [0.15, 0.2) is 82.0 Å². The Morgan fingerprint density at radius 3 is 2.58 bits per heavy atom. The first-order valence-corrected chi connectivity index (χ1v) is 12.5. The van der Waals surface area contributed by atoms with Gasteiger partial charge in [0.05, 0.1) is 36.4 Å². The number of ether oxygens (including phenoxy) is 2. The number of nitrogens with one attached hydrogen (secondary N) is 1. The van der Waals surface area contributed by atoms with Crippen LogP contribution >= 0.6 is 11.8 Å². The minimum Gasteiger partial charge on any atom is -0.460 e. The van der Waals surface area contributed by atoms with Crippen LogP contribution in [0.5, 0.6) is 0 Å². The maximum Gasteiger partial charge on any atom is 0.338 e. The quantitative estimate of drug-likeness (QED) is 0.384. The Bertz CT molecular complexity index is 1230. The Labute approximate surface area is 214 Å². The van der Waals surface area contributed by atoms with Gasteiger partial charge in [-0.3, -0.25) is 4.79 Å². The van der Waals surface area contributed by atoms with Gasteiger partial charge < -0.3 is 19.7 Å². The summed E-state index contributed by atoms with van der Waals surface area (Å²) >= 11 is 1.34. The number of esters is 1. The first kappa shape index (κ1) is 25.7. The minimum absolute atomic E-state index is 0.0409. The van der Waals surface area contributed by atoms with E-state index in [4.69, 9.17) is 9.47 Å². The molecule has 2 aliphatic rings. The van der Waals surface area contributed by atoms with E-state index in [1.165, 1.54) is 24.9 Å². The van der Waals surface area contributed by atoms with E-state index in [2.05, 4.69) is 10.3 Å². The largest absolute Gasteiger partial charge is 0.460 e. The van der Waals surface area contributed by atoms with Crippen molar-refractivity contribution in [2.45, 2.75) is 32.4 Å². The lowest BCUT2D eigenvalue weighted by Gasteiger charge is -2.36. The SMILES string of the molecule is COCCOC(=O)C1=C(C)N=C2SC=C(CC(=O)NC(C)c3ccccc3)N2C1c1ccccc1F. The summed E-state index contributed by atoms with van der Waals surface area (Å²) in [6.45, 7) is 3.92. The number of benzene rings is 2. The number of thioether (sulfide) groups is 1. The van der Waals surface area contributed by atoms with Gasteiger partial charge in [0.2, 0.25) is 5.91 Å². The van der Waals surface area contributed by atoms with Gasteiger partial charge in [-0.05, 0) is 30.9 Å². The second-order valence-electron chi connectivity index (χ2n) is 8.42. The summed E-state index contributed by atoms with van der Waals surface area (Å²) in [4.78, 5) is 32.5. The van der Waals surface area contributed by atoms with Crippen molar-refractivity contribution in [1.29, 1.82) is 0 Å². The lowest BCUT2D eigenvalue weighted by atomic mass is 9.93. The molecule has 1 N–H and O–H groups in total. The van der Waals surface area contributed by atoms with Gasteiger partial charge in [-0.1, -0.05) is 60.3 Å². The van der Waals surface area contributed by atoms with E-state index in [-0.39, 0.29) is 37.2 Å². The highest BCUT2D eigenvalue weighted by Gasteiger charge is 2.42. The molecule has 0 saturated heterocycles. The first-order valence-electron chi connectivity index (χ1n) is 11.6. The summed E-state index contributed by atoms with van der Waals surface area (Å²) in [5.74, 6) is -1.25. The Morgan fingerprint density at radius 1 is 1.14 bits per heavy atom. The monoisotopic (exact) mass is 509 g/mol. The average molecular weight is 510 g/mol. The number of nitrogens with zero attached hydrogens (tertiary/aromatic N) is 2. The molecule has 0 spiro atoms. The van der Waals surface area contributed by atoms with Gasteiger partial charge in [0.1, 0.15) is 12.4 Å². The normalized spacial score (nSPS) is 17.8. The smallest absolute Gasteiger partial charge is 0.338 e. The highest BCUT2D eigenvalue weighted by Crippen LogP contribution is 2.45. The molecule has 4 rings (SSSR count). The second-order valence-corrected chi connectivity index (χ2v) is 9.26. The summed E-state index contributed by atoms with van der Waals surface area (Å²) < 4.78 is 25.5. The first-order chi connectivity index (χ1) is 17.4. The number of rotatable bonds is 9. The molecule has 0 aromatic heterocycles. The number of hydrogen-bond donors (Lipinski definition) is 1. The predicted octanol–water partition coefficient (Wildman–Crippen LogP) is 4.86. The Kier molecular flexibility index (Phi) is 8.22. The molecule has 0 fully saturated rings. The van der Waals surface area contributed by atoms with Crippen molar-refractivity contribution in [1.82, 2.24) is 10.2 Å². The third-order valence-corrected chi connectivity index (χ3v) is 6.85.